The fraction of sp³-hybridized carbons (Fsp3) is 0.438. The molecule has 0 saturated carbocycles. The van der Waals surface area contributed by atoms with Crippen LogP contribution >= 0.6 is 0 Å². The number of methoxy groups -OCH3 is 1. The minimum atomic E-state index is 0.789. The summed E-state index contributed by atoms with van der Waals surface area (Å²) in [6.45, 7) is 7.99. The van der Waals surface area contributed by atoms with Gasteiger partial charge < -0.3 is 10.1 Å². The molecule has 0 atom stereocenters. The Balaban J connectivity index is 2.53. The zero-order valence-electron chi connectivity index (χ0n) is 12.9. The summed E-state index contributed by atoms with van der Waals surface area (Å²) in [4.78, 5) is 0. The van der Waals surface area contributed by atoms with Crippen molar-refractivity contribution in [3.8, 4) is 16.9 Å². The molecule has 0 amide bonds. The molecule has 4 heteroatoms. The van der Waals surface area contributed by atoms with E-state index >= 15 is 0 Å². The first-order valence-corrected chi connectivity index (χ1v) is 6.98. The number of hydrogen-bond acceptors (Lipinski definition) is 3. The van der Waals surface area contributed by atoms with Crippen molar-refractivity contribution in [1.82, 2.24) is 15.1 Å². The van der Waals surface area contributed by atoms with Gasteiger partial charge in [0.1, 0.15) is 5.75 Å². The van der Waals surface area contributed by atoms with Crippen molar-refractivity contribution >= 4 is 0 Å². The van der Waals surface area contributed by atoms with Gasteiger partial charge in [-0.15, -0.1) is 0 Å². The van der Waals surface area contributed by atoms with Crippen molar-refractivity contribution < 1.29 is 4.74 Å². The molecular formula is C16H23N3O. The molecule has 1 N–H and O–H groups in total. The Morgan fingerprint density at radius 2 is 2.05 bits per heavy atom. The number of aryl methyl sites for hydroxylation is 2. The van der Waals surface area contributed by atoms with E-state index in [1.807, 2.05) is 17.8 Å². The van der Waals surface area contributed by atoms with E-state index in [0.29, 0.717) is 0 Å². The second-order valence-corrected chi connectivity index (χ2v) is 4.92. The molecule has 0 spiro atoms. The van der Waals surface area contributed by atoms with E-state index < -0.39 is 0 Å². The third-order valence-corrected chi connectivity index (χ3v) is 3.62. The predicted octanol–water partition coefficient (Wildman–Crippen LogP) is 2.91. The topological polar surface area (TPSA) is 39.1 Å². The number of nitrogens with zero attached hydrogens (tertiary/aromatic N) is 2. The van der Waals surface area contributed by atoms with E-state index in [1.54, 1.807) is 7.11 Å². The summed E-state index contributed by atoms with van der Waals surface area (Å²) in [5.41, 5.74) is 5.88. The maximum atomic E-state index is 5.41. The lowest BCUT2D eigenvalue weighted by Gasteiger charge is -2.11. The molecule has 0 unspecified atom stereocenters. The van der Waals surface area contributed by atoms with Crippen molar-refractivity contribution in [3.63, 3.8) is 0 Å². The molecule has 0 bridgehead atoms. The zero-order chi connectivity index (χ0) is 14.7. The molecule has 0 fully saturated rings. The molecule has 108 valence electrons. The van der Waals surface area contributed by atoms with E-state index in [4.69, 9.17) is 4.74 Å². The van der Waals surface area contributed by atoms with Crippen LogP contribution < -0.4 is 10.1 Å². The molecule has 0 saturated heterocycles. The van der Waals surface area contributed by atoms with E-state index in [9.17, 15) is 0 Å². The number of aromatic nitrogens is 2. The minimum absolute atomic E-state index is 0.789. The van der Waals surface area contributed by atoms with E-state index in [2.05, 4.69) is 43.3 Å². The fourth-order valence-corrected chi connectivity index (χ4v) is 2.69. The molecular weight excluding hydrogens is 250 g/mol. The van der Waals surface area contributed by atoms with Gasteiger partial charge in [-0.3, -0.25) is 4.68 Å². The van der Waals surface area contributed by atoms with Gasteiger partial charge in [0.05, 0.1) is 12.8 Å². The molecule has 0 aliphatic heterocycles. The molecule has 0 aliphatic rings. The van der Waals surface area contributed by atoms with Crippen LogP contribution in [-0.4, -0.2) is 23.9 Å². The number of rotatable bonds is 5. The van der Waals surface area contributed by atoms with Crippen LogP contribution in [0.5, 0.6) is 5.75 Å². The summed E-state index contributed by atoms with van der Waals surface area (Å²) in [6, 6.07) is 6.32. The second-order valence-electron chi connectivity index (χ2n) is 4.92. The molecule has 2 rings (SSSR count). The van der Waals surface area contributed by atoms with Gasteiger partial charge in [0, 0.05) is 29.9 Å². The van der Waals surface area contributed by atoms with Crippen LogP contribution in [0.15, 0.2) is 18.2 Å². The number of hydrogen-bond donors (Lipinski definition) is 1. The van der Waals surface area contributed by atoms with Crippen LogP contribution in [0, 0.1) is 13.8 Å². The first-order valence-electron chi connectivity index (χ1n) is 6.98. The second kappa shape index (κ2) is 6.09. The van der Waals surface area contributed by atoms with Crippen molar-refractivity contribution in [2.75, 3.05) is 14.2 Å². The number of nitrogens with one attached hydrogen (secondary N) is 1. The van der Waals surface area contributed by atoms with Gasteiger partial charge in [0.15, 0.2) is 0 Å². The van der Waals surface area contributed by atoms with E-state index in [-0.39, 0.29) is 0 Å². The lowest BCUT2D eigenvalue weighted by molar-refractivity contribution is 0.408. The van der Waals surface area contributed by atoms with Crippen LogP contribution in [-0.2, 0) is 13.1 Å². The molecule has 0 radical (unpaired) electrons. The molecule has 0 aliphatic carbocycles. The Labute approximate surface area is 120 Å². The molecule has 1 aromatic carbocycles. The number of benzene rings is 1. The van der Waals surface area contributed by atoms with Crippen molar-refractivity contribution in [1.29, 1.82) is 0 Å². The van der Waals surface area contributed by atoms with Gasteiger partial charge in [-0.1, -0.05) is 6.07 Å². The summed E-state index contributed by atoms with van der Waals surface area (Å²) in [5.74, 6) is 0.918. The Morgan fingerprint density at radius 1 is 1.30 bits per heavy atom. The van der Waals surface area contributed by atoms with Crippen LogP contribution in [0.2, 0.25) is 0 Å². The summed E-state index contributed by atoms with van der Waals surface area (Å²) < 4.78 is 7.46. The van der Waals surface area contributed by atoms with Gasteiger partial charge in [-0.25, -0.2) is 0 Å². The summed E-state index contributed by atoms with van der Waals surface area (Å²) in [7, 11) is 3.65. The first-order chi connectivity index (χ1) is 9.62. The fourth-order valence-electron chi connectivity index (χ4n) is 2.69. The predicted molar refractivity (Wildman–Crippen MR) is 82.1 cm³/mol. The summed E-state index contributed by atoms with van der Waals surface area (Å²) in [6.07, 6.45) is 0. The molecule has 1 heterocycles. The van der Waals surface area contributed by atoms with E-state index in [0.717, 1.165) is 30.1 Å². The highest BCUT2D eigenvalue weighted by Crippen LogP contribution is 2.31. The minimum Gasteiger partial charge on any atom is -0.496 e. The molecule has 1 aromatic heterocycles. The third kappa shape index (κ3) is 2.56. The normalized spacial score (nSPS) is 10.8. The van der Waals surface area contributed by atoms with Gasteiger partial charge >= 0.3 is 0 Å². The lowest BCUT2D eigenvalue weighted by Crippen LogP contribution is -2.06. The van der Waals surface area contributed by atoms with Crippen LogP contribution in [0.25, 0.3) is 11.1 Å². The average molecular weight is 273 g/mol. The van der Waals surface area contributed by atoms with Gasteiger partial charge in [0.2, 0.25) is 0 Å². The average Bonchev–Trinajstić information content (AvgIpc) is 2.73. The lowest BCUT2D eigenvalue weighted by atomic mass is 10.0. The standard InChI is InChI=1S/C16H23N3O/c1-6-19-12(3)16(11(2)18-19)13-7-8-15(20-5)14(9-13)10-17-4/h7-9,17H,6,10H2,1-5H3. The maximum Gasteiger partial charge on any atom is 0.123 e. The highest BCUT2D eigenvalue weighted by atomic mass is 16.5. The Bertz CT molecular complexity index is 602. The van der Waals surface area contributed by atoms with Crippen molar-refractivity contribution in [2.24, 2.45) is 0 Å². The Kier molecular flexibility index (Phi) is 4.45. The number of ether oxygens (including phenoxy) is 1. The third-order valence-electron chi connectivity index (χ3n) is 3.62. The van der Waals surface area contributed by atoms with Crippen molar-refractivity contribution in [3.05, 3.63) is 35.2 Å². The SMILES string of the molecule is CCn1nc(C)c(-c2ccc(OC)c(CNC)c2)c1C. The van der Waals surface area contributed by atoms with E-state index in [1.165, 1.54) is 16.8 Å². The quantitative estimate of drug-likeness (QED) is 0.910. The summed E-state index contributed by atoms with van der Waals surface area (Å²) >= 11 is 0. The van der Waals surface area contributed by atoms with Gasteiger partial charge in [-0.05, 0) is 45.5 Å². The first kappa shape index (κ1) is 14.6. The molecule has 4 nitrogen and oxygen atoms in total. The van der Waals surface area contributed by atoms with Gasteiger partial charge in [0.25, 0.3) is 0 Å². The molecule has 2 aromatic rings. The maximum absolute atomic E-state index is 5.41. The van der Waals surface area contributed by atoms with Crippen LogP contribution in [0.4, 0.5) is 0 Å². The zero-order valence-corrected chi connectivity index (χ0v) is 12.9. The van der Waals surface area contributed by atoms with Crippen LogP contribution in [0.1, 0.15) is 23.9 Å². The van der Waals surface area contributed by atoms with Crippen molar-refractivity contribution in [2.45, 2.75) is 33.9 Å². The highest BCUT2D eigenvalue weighted by Gasteiger charge is 2.14. The monoisotopic (exact) mass is 273 g/mol. The summed E-state index contributed by atoms with van der Waals surface area (Å²) in [5, 5.41) is 7.78. The molecule has 20 heavy (non-hydrogen) atoms. The van der Waals surface area contributed by atoms with Gasteiger partial charge in [-0.2, -0.15) is 5.10 Å². The highest BCUT2D eigenvalue weighted by molar-refractivity contribution is 5.70. The largest absolute Gasteiger partial charge is 0.496 e. The van der Waals surface area contributed by atoms with Crippen LogP contribution in [0.3, 0.4) is 0 Å². The Hall–Kier alpha value is -1.81. The Morgan fingerprint density at radius 3 is 2.60 bits per heavy atom. The smallest absolute Gasteiger partial charge is 0.123 e.